The van der Waals surface area contributed by atoms with Crippen molar-refractivity contribution in [2.45, 2.75) is 0 Å². The summed E-state index contributed by atoms with van der Waals surface area (Å²) in [4.78, 5) is 10.4. The van der Waals surface area contributed by atoms with Gasteiger partial charge in [-0.05, 0) is 51.2 Å². The number of benzene rings is 7. The molecule has 0 aliphatic heterocycles. The van der Waals surface area contributed by atoms with Crippen LogP contribution in [-0.4, -0.2) is 9.97 Å². The third-order valence-corrected chi connectivity index (χ3v) is 9.69. The molecule has 0 saturated carbocycles. The normalized spacial score (nSPS) is 11.7. The van der Waals surface area contributed by atoms with E-state index < -0.39 is 0 Å². The Morgan fingerprint density at radius 3 is 1.67 bits per heavy atom. The van der Waals surface area contributed by atoms with Crippen molar-refractivity contribution in [2.24, 2.45) is 0 Å². The summed E-state index contributed by atoms with van der Waals surface area (Å²) in [5.41, 5.74) is 8.56. The van der Waals surface area contributed by atoms with E-state index in [-0.39, 0.29) is 0 Å². The van der Waals surface area contributed by atoms with E-state index in [0.29, 0.717) is 0 Å². The second kappa shape index (κ2) is 9.59. The monoisotopic (exact) mass is 564 g/mol. The molecule has 0 amide bonds. The van der Waals surface area contributed by atoms with E-state index in [1.165, 1.54) is 47.6 Å². The first-order valence-electron chi connectivity index (χ1n) is 14.5. The van der Waals surface area contributed by atoms with Crippen LogP contribution in [0.4, 0.5) is 0 Å². The van der Waals surface area contributed by atoms with Crippen LogP contribution < -0.4 is 0 Å². The maximum Gasteiger partial charge on any atom is 0.0979 e. The van der Waals surface area contributed by atoms with Gasteiger partial charge in [-0.25, -0.2) is 4.98 Å². The average Bonchev–Trinajstić information content (AvgIpc) is 3.46. The quantitative estimate of drug-likeness (QED) is 0.199. The Hall–Kier alpha value is -5.38. The van der Waals surface area contributed by atoms with Crippen LogP contribution in [-0.2, 0) is 0 Å². The number of hydrogen-bond donors (Lipinski definition) is 0. The van der Waals surface area contributed by atoms with Crippen LogP contribution in [0, 0.1) is 0 Å². The minimum Gasteiger partial charge on any atom is -0.252 e. The standard InChI is InChI=1S/C40H24N2S/c1-2-12-27(26(11-1)25-21-22-38-35(23-25)32-17-9-10-20-37(32)43-38)28-13-3-6-16-31(28)36-24-41-39-33-18-7-4-14-29(33)30-15-5-8-19-34(30)40(39)42-36/h1-24H. The number of rotatable bonds is 3. The Morgan fingerprint density at radius 2 is 0.930 bits per heavy atom. The molecule has 9 aromatic rings. The van der Waals surface area contributed by atoms with Gasteiger partial charge in [0.05, 0.1) is 22.9 Å². The first-order valence-corrected chi connectivity index (χ1v) is 15.3. The Morgan fingerprint density at radius 1 is 0.395 bits per heavy atom. The number of aromatic nitrogens is 2. The largest absolute Gasteiger partial charge is 0.252 e. The van der Waals surface area contributed by atoms with Crippen molar-refractivity contribution in [2.75, 3.05) is 0 Å². The van der Waals surface area contributed by atoms with Gasteiger partial charge in [0.25, 0.3) is 0 Å². The molecule has 7 aromatic carbocycles. The molecule has 0 N–H and O–H groups in total. The fourth-order valence-electron chi connectivity index (χ4n) is 6.56. The third-order valence-electron chi connectivity index (χ3n) is 8.54. The van der Waals surface area contributed by atoms with Crippen molar-refractivity contribution in [1.29, 1.82) is 0 Å². The maximum atomic E-state index is 5.32. The minimum atomic E-state index is 0.873. The molecule has 43 heavy (non-hydrogen) atoms. The summed E-state index contributed by atoms with van der Waals surface area (Å²) in [6.45, 7) is 0. The van der Waals surface area contributed by atoms with Crippen LogP contribution in [0.15, 0.2) is 146 Å². The molecule has 0 fully saturated rings. The lowest BCUT2D eigenvalue weighted by Gasteiger charge is -2.15. The highest BCUT2D eigenvalue weighted by atomic mass is 32.1. The molecule has 0 saturated heterocycles. The molecule has 2 nitrogen and oxygen atoms in total. The zero-order valence-corrected chi connectivity index (χ0v) is 24.0. The highest BCUT2D eigenvalue weighted by molar-refractivity contribution is 7.25. The number of fused-ring (bicyclic) bond motifs is 9. The highest BCUT2D eigenvalue weighted by Crippen LogP contribution is 2.41. The first-order chi connectivity index (χ1) is 21.3. The van der Waals surface area contributed by atoms with Gasteiger partial charge in [0, 0.05) is 36.5 Å². The molecule has 0 bridgehead atoms. The van der Waals surface area contributed by atoms with Gasteiger partial charge in [0.15, 0.2) is 0 Å². The van der Waals surface area contributed by atoms with Gasteiger partial charge in [0.2, 0.25) is 0 Å². The van der Waals surface area contributed by atoms with Crippen LogP contribution in [0.3, 0.4) is 0 Å². The molecule has 0 spiro atoms. The minimum absolute atomic E-state index is 0.873. The second-order valence-corrected chi connectivity index (χ2v) is 12.0. The van der Waals surface area contributed by atoms with E-state index in [4.69, 9.17) is 9.97 Å². The summed E-state index contributed by atoms with van der Waals surface area (Å²) in [6, 6.07) is 49.9. The smallest absolute Gasteiger partial charge is 0.0979 e. The van der Waals surface area contributed by atoms with Gasteiger partial charge in [-0.1, -0.05) is 121 Å². The maximum absolute atomic E-state index is 5.32. The molecule has 0 aliphatic carbocycles. The van der Waals surface area contributed by atoms with E-state index >= 15 is 0 Å². The average molecular weight is 565 g/mol. The molecule has 0 radical (unpaired) electrons. The predicted molar refractivity (Wildman–Crippen MR) is 184 cm³/mol. The van der Waals surface area contributed by atoms with Crippen molar-refractivity contribution < 1.29 is 0 Å². The van der Waals surface area contributed by atoms with E-state index in [2.05, 4.69) is 140 Å². The molecule has 200 valence electrons. The summed E-state index contributed by atoms with van der Waals surface area (Å²) >= 11 is 1.85. The Labute approximate surface area is 252 Å². The van der Waals surface area contributed by atoms with Gasteiger partial charge < -0.3 is 0 Å². The summed E-state index contributed by atoms with van der Waals surface area (Å²) in [6.07, 6.45) is 1.94. The van der Waals surface area contributed by atoms with Crippen molar-refractivity contribution in [3.63, 3.8) is 0 Å². The molecular weight excluding hydrogens is 541 g/mol. The van der Waals surface area contributed by atoms with E-state index in [1.54, 1.807) is 0 Å². The van der Waals surface area contributed by atoms with Crippen molar-refractivity contribution in [3.8, 4) is 33.5 Å². The summed E-state index contributed by atoms with van der Waals surface area (Å²) in [5.74, 6) is 0. The molecule has 0 unspecified atom stereocenters. The van der Waals surface area contributed by atoms with Crippen molar-refractivity contribution in [3.05, 3.63) is 146 Å². The highest BCUT2D eigenvalue weighted by Gasteiger charge is 2.17. The van der Waals surface area contributed by atoms with Gasteiger partial charge >= 0.3 is 0 Å². The molecule has 9 rings (SSSR count). The lowest BCUT2D eigenvalue weighted by Crippen LogP contribution is -1.94. The number of nitrogens with zero attached hydrogens (tertiary/aromatic N) is 2. The Balaban J connectivity index is 1.26. The molecule has 2 heterocycles. The second-order valence-electron chi connectivity index (χ2n) is 10.9. The van der Waals surface area contributed by atoms with Crippen molar-refractivity contribution >= 4 is 64.1 Å². The molecule has 2 aromatic heterocycles. The Bertz CT molecular complexity index is 2490. The summed E-state index contributed by atoms with van der Waals surface area (Å²) < 4.78 is 2.64. The van der Waals surface area contributed by atoms with E-state index in [1.807, 2.05) is 17.5 Å². The predicted octanol–water partition coefficient (Wildman–Crippen LogP) is 11.3. The van der Waals surface area contributed by atoms with Crippen LogP contribution in [0.2, 0.25) is 0 Å². The van der Waals surface area contributed by atoms with Crippen LogP contribution in [0.5, 0.6) is 0 Å². The topological polar surface area (TPSA) is 25.8 Å². The lowest BCUT2D eigenvalue weighted by atomic mass is 9.90. The van der Waals surface area contributed by atoms with E-state index in [9.17, 15) is 0 Å². The van der Waals surface area contributed by atoms with Gasteiger partial charge in [-0.15, -0.1) is 11.3 Å². The number of thiophene rings is 1. The van der Waals surface area contributed by atoms with E-state index in [0.717, 1.165) is 38.6 Å². The molecule has 0 atom stereocenters. The van der Waals surface area contributed by atoms with Crippen molar-refractivity contribution in [1.82, 2.24) is 9.97 Å². The van der Waals surface area contributed by atoms with Crippen LogP contribution in [0.1, 0.15) is 0 Å². The lowest BCUT2D eigenvalue weighted by molar-refractivity contribution is 1.31. The zero-order valence-electron chi connectivity index (χ0n) is 23.2. The zero-order chi connectivity index (χ0) is 28.3. The molecule has 0 aliphatic rings. The first kappa shape index (κ1) is 24.2. The van der Waals surface area contributed by atoms with Crippen LogP contribution >= 0.6 is 11.3 Å². The van der Waals surface area contributed by atoms with Gasteiger partial charge in [0.1, 0.15) is 0 Å². The molecule has 3 heteroatoms. The van der Waals surface area contributed by atoms with Gasteiger partial charge in [-0.2, -0.15) is 0 Å². The van der Waals surface area contributed by atoms with Crippen LogP contribution in [0.25, 0.3) is 86.3 Å². The fourth-order valence-corrected chi connectivity index (χ4v) is 7.64. The third kappa shape index (κ3) is 3.79. The Kier molecular flexibility index (Phi) is 5.40. The number of hydrogen-bond acceptors (Lipinski definition) is 3. The fraction of sp³-hybridized carbons (Fsp3) is 0. The molecular formula is C40H24N2S. The SMILES string of the molecule is c1ccc(-c2ccccc2-c2cnc3c4ccccc4c4ccccc4c3n2)c(-c2ccc3sc4ccccc4c3c2)c1. The summed E-state index contributed by atoms with van der Waals surface area (Å²) in [5, 5.41) is 7.28. The van der Waals surface area contributed by atoms with Gasteiger partial charge in [-0.3, -0.25) is 4.98 Å². The summed E-state index contributed by atoms with van der Waals surface area (Å²) in [7, 11) is 0.